The van der Waals surface area contributed by atoms with Gasteiger partial charge in [-0.25, -0.2) is 15.0 Å². The molecule has 0 unspecified atom stereocenters. The van der Waals surface area contributed by atoms with Crippen molar-refractivity contribution in [2.75, 3.05) is 0 Å². The van der Waals surface area contributed by atoms with Gasteiger partial charge in [-0.2, -0.15) is 0 Å². The molecule has 0 amide bonds. The molecular weight excluding hydrogens is 827 g/mol. The van der Waals surface area contributed by atoms with Gasteiger partial charge in [-0.1, -0.05) is 212 Å². The highest BCUT2D eigenvalue weighted by atomic mass is 16.3. The summed E-state index contributed by atoms with van der Waals surface area (Å²) in [6.45, 7) is 0. The Morgan fingerprint density at radius 2 is 0.750 bits per heavy atom. The molecule has 0 radical (unpaired) electrons. The fourth-order valence-electron chi connectivity index (χ4n) is 11.2. The van der Waals surface area contributed by atoms with Crippen LogP contribution in [0.25, 0.3) is 112 Å². The molecule has 1 spiro atoms. The van der Waals surface area contributed by atoms with Gasteiger partial charge >= 0.3 is 0 Å². The SMILES string of the molecule is c1ccc(-c2ccc(-c3nc(-c4cccc(-c5ccccc5)c4)nc(-c4cccc5oc6ccc(-c7cccc8c7-c7ccccc7C87c8ccccc8-c8ccccc87)cc6c45)n3)cc2)cc1. The second-order valence-corrected chi connectivity index (χ2v) is 17.8. The summed E-state index contributed by atoms with van der Waals surface area (Å²) in [7, 11) is 0. The van der Waals surface area contributed by atoms with Crippen molar-refractivity contribution in [3.05, 3.63) is 259 Å². The first-order valence-electron chi connectivity index (χ1n) is 23.2. The highest BCUT2D eigenvalue weighted by molar-refractivity contribution is 6.13. The number of benzene rings is 10. The number of rotatable bonds is 6. The minimum atomic E-state index is -0.425. The minimum absolute atomic E-state index is 0.425. The van der Waals surface area contributed by atoms with Crippen LogP contribution in [0.2, 0.25) is 0 Å². The van der Waals surface area contributed by atoms with Crippen molar-refractivity contribution in [1.29, 1.82) is 0 Å². The zero-order valence-electron chi connectivity index (χ0n) is 36.8. The Morgan fingerprint density at radius 3 is 1.47 bits per heavy atom. The summed E-state index contributed by atoms with van der Waals surface area (Å²) >= 11 is 0. The highest BCUT2D eigenvalue weighted by Gasteiger charge is 2.52. The van der Waals surface area contributed by atoms with Crippen molar-refractivity contribution in [2.24, 2.45) is 0 Å². The predicted molar refractivity (Wildman–Crippen MR) is 276 cm³/mol. The van der Waals surface area contributed by atoms with Crippen molar-refractivity contribution in [2.45, 2.75) is 5.41 Å². The second-order valence-electron chi connectivity index (χ2n) is 17.8. The van der Waals surface area contributed by atoms with Crippen LogP contribution in [0, 0.1) is 0 Å². The Morgan fingerprint density at radius 1 is 0.279 bits per heavy atom. The molecular formula is C64H39N3O. The van der Waals surface area contributed by atoms with E-state index in [1.165, 1.54) is 50.1 Å². The Hall–Kier alpha value is -8.99. The number of aromatic nitrogens is 3. The molecule has 0 atom stereocenters. The van der Waals surface area contributed by atoms with E-state index in [1.54, 1.807) is 0 Å². The topological polar surface area (TPSA) is 51.8 Å². The van der Waals surface area contributed by atoms with E-state index < -0.39 is 5.41 Å². The van der Waals surface area contributed by atoms with Gasteiger partial charge in [-0.3, -0.25) is 0 Å². The van der Waals surface area contributed by atoms with E-state index in [4.69, 9.17) is 19.4 Å². The van der Waals surface area contributed by atoms with Gasteiger partial charge in [-0.15, -0.1) is 0 Å². The van der Waals surface area contributed by atoms with E-state index in [0.717, 1.165) is 66.4 Å². The molecule has 10 aromatic carbocycles. The van der Waals surface area contributed by atoms with Crippen molar-refractivity contribution < 1.29 is 4.42 Å². The first-order chi connectivity index (χ1) is 33.7. The van der Waals surface area contributed by atoms with E-state index in [1.807, 2.05) is 24.3 Å². The highest BCUT2D eigenvalue weighted by Crippen LogP contribution is 2.64. The molecule has 12 aromatic rings. The maximum Gasteiger partial charge on any atom is 0.164 e. The van der Waals surface area contributed by atoms with Crippen LogP contribution in [-0.2, 0) is 5.41 Å². The van der Waals surface area contributed by atoms with Crippen LogP contribution >= 0.6 is 0 Å². The fourth-order valence-corrected chi connectivity index (χ4v) is 11.2. The molecule has 2 aliphatic carbocycles. The summed E-state index contributed by atoms with van der Waals surface area (Å²) < 4.78 is 6.69. The zero-order chi connectivity index (χ0) is 44.8. The van der Waals surface area contributed by atoms with Crippen LogP contribution in [0.15, 0.2) is 241 Å². The smallest absolute Gasteiger partial charge is 0.164 e. The average Bonchev–Trinajstić information content (AvgIpc) is 4.05. The zero-order valence-corrected chi connectivity index (χ0v) is 36.8. The summed E-state index contributed by atoms with van der Waals surface area (Å²) in [6.07, 6.45) is 0. The van der Waals surface area contributed by atoms with Gasteiger partial charge in [0, 0.05) is 27.5 Å². The molecule has 316 valence electrons. The lowest BCUT2D eigenvalue weighted by atomic mass is 9.70. The van der Waals surface area contributed by atoms with Crippen LogP contribution in [-0.4, -0.2) is 15.0 Å². The summed E-state index contributed by atoms with van der Waals surface area (Å²) in [5, 5.41) is 1.97. The Kier molecular flexibility index (Phi) is 8.46. The number of furan rings is 1. The molecule has 2 heterocycles. The number of hydrogen-bond acceptors (Lipinski definition) is 4. The van der Waals surface area contributed by atoms with Crippen molar-refractivity contribution in [1.82, 2.24) is 15.0 Å². The third-order valence-electron chi connectivity index (χ3n) is 14.2. The summed E-state index contributed by atoms with van der Waals surface area (Å²) in [5.41, 5.74) is 21.1. The van der Waals surface area contributed by atoms with Crippen LogP contribution in [0.4, 0.5) is 0 Å². The molecule has 4 nitrogen and oxygen atoms in total. The third-order valence-corrected chi connectivity index (χ3v) is 14.2. The van der Waals surface area contributed by atoms with Gasteiger partial charge in [0.1, 0.15) is 11.2 Å². The molecule has 2 aromatic heterocycles. The quantitative estimate of drug-likeness (QED) is 0.167. The van der Waals surface area contributed by atoms with Crippen LogP contribution < -0.4 is 0 Å². The predicted octanol–water partition coefficient (Wildman–Crippen LogP) is 16.1. The lowest BCUT2D eigenvalue weighted by Gasteiger charge is -2.30. The Balaban J connectivity index is 0.956. The standard InChI is InChI=1S/C64H39N3O/c1-3-16-40(17-4-1)42-32-34-43(35-33-42)61-65-62(46-21-13-20-44(38-46)41-18-5-2-6-19-41)67-63(66-61)51-26-15-31-58-60(51)52-39-45(36-37-57(52)68-58)47-25-14-30-56-59(47)50-24-9-12-29-55(50)64(56)53-27-10-7-22-48(53)49-23-8-11-28-54(49)64/h1-39H. The van der Waals surface area contributed by atoms with Gasteiger partial charge in [-0.05, 0) is 102 Å². The summed E-state index contributed by atoms with van der Waals surface area (Å²) in [4.78, 5) is 15.8. The number of fused-ring (bicyclic) bond motifs is 13. The van der Waals surface area contributed by atoms with Gasteiger partial charge in [0.25, 0.3) is 0 Å². The molecule has 0 saturated heterocycles. The third kappa shape index (κ3) is 5.71. The van der Waals surface area contributed by atoms with E-state index in [2.05, 4.69) is 212 Å². The molecule has 0 bridgehead atoms. The Labute approximate surface area is 393 Å². The molecule has 14 rings (SSSR count). The van der Waals surface area contributed by atoms with Crippen molar-refractivity contribution >= 4 is 21.9 Å². The van der Waals surface area contributed by atoms with Gasteiger partial charge in [0.05, 0.1) is 5.41 Å². The van der Waals surface area contributed by atoms with Crippen LogP contribution in [0.1, 0.15) is 22.3 Å². The number of nitrogens with zero attached hydrogens (tertiary/aromatic N) is 3. The largest absolute Gasteiger partial charge is 0.456 e. The monoisotopic (exact) mass is 865 g/mol. The number of hydrogen-bond donors (Lipinski definition) is 0. The van der Waals surface area contributed by atoms with Gasteiger partial charge in [0.15, 0.2) is 17.5 Å². The van der Waals surface area contributed by atoms with E-state index in [9.17, 15) is 0 Å². The Bertz CT molecular complexity index is 3920. The van der Waals surface area contributed by atoms with E-state index in [0.29, 0.717) is 17.5 Å². The summed E-state index contributed by atoms with van der Waals surface area (Å²) in [5.74, 6) is 1.78. The summed E-state index contributed by atoms with van der Waals surface area (Å²) in [6, 6.07) is 84.4. The average molecular weight is 866 g/mol. The second kappa shape index (κ2) is 15.0. The van der Waals surface area contributed by atoms with Gasteiger partial charge < -0.3 is 4.42 Å². The van der Waals surface area contributed by atoms with Gasteiger partial charge in [0.2, 0.25) is 0 Å². The molecule has 2 aliphatic rings. The maximum absolute atomic E-state index is 6.69. The first-order valence-corrected chi connectivity index (χ1v) is 23.2. The minimum Gasteiger partial charge on any atom is -0.456 e. The lowest BCUT2D eigenvalue weighted by molar-refractivity contribution is 0.669. The van der Waals surface area contributed by atoms with Crippen molar-refractivity contribution in [3.63, 3.8) is 0 Å². The van der Waals surface area contributed by atoms with E-state index >= 15 is 0 Å². The molecule has 0 N–H and O–H groups in total. The van der Waals surface area contributed by atoms with Crippen LogP contribution in [0.5, 0.6) is 0 Å². The molecule has 0 saturated carbocycles. The molecule has 0 fully saturated rings. The fraction of sp³-hybridized carbons (Fsp3) is 0.0156. The molecule has 0 aliphatic heterocycles. The van der Waals surface area contributed by atoms with Crippen molar-refractivity contribution in [3.8, 4) is 89.8 Å². The maximum atomic E-state index is 6.69. The molecule has 4 heteroatoms. The first kappa shape index (κ1) is 38.3. The molecule has 68 heavy (non-hydrogen) atoms. The normalized spacial score (nSPS) is 12.8. The van der Waals surface area contributed by atoms with Crippen LogP contribution in [0.3, 0.4) is 0 Å². The van der Waals surface area contributed by atoms with E-state index in [-0.39, 0.29) is 0 Å². The lowest BCUT2D eigenvalue weighted by Crippen LogP contribution is -2.25.